The lowest BCUT2D eigenvalue weighted by molar-refractivity contribution is -0.385. The van der Waals surface area contributed by atoms with E-state index in [1.54, 1.807) is 12.0 Å². The minimum atomic E-state index is -0.518. The van der Waals surface area contributed by atoms with Gasteiger partial charge in [0.15, 0.2) is 0 Å². The summed E-state index contributed by atoms with van der Waals surface area (Å²) < 4.78 is 10.1. The molecule has 0 bridgehead atoms. The summed E-state index contributed by atoms with van der Waals surface area (Å²) in [4.78, 5) is 27.3. The largest absolute Gasteiger partial charge is 0.469 e. The Morgan fingerprint density at radius 3 is 2.71 bits per heavy atom. The zero-order chi connectivity index (χ0) is 15.8. The number of methoxy groups -OCH3 is 2. The third-order valence-electron chi connectivity index (χ3n) is 2.70. The molecule has 0 amide bonds. The molecule has 8 nitrogen and oxygen atoms in total. The van der Waals surface area contributed by atoms with Crippen LogP contribution < -0.4 is 4.90 Å². The summed E-state index contributed by atoms with van der Waals surface area (Å²) in [5.74, 6) is 0.178. The first-order valence-electron chi connectivity index (χ1n) is 6.10. The second-order valence-electron chi connectivity index (χ2n) is 4.06. The van der Waals surface area contributed by atoms with Gasteiger partial charge in [0, 0.05) is 26.3 Å². The summed E-state index contributed by atoms with van der Waals surface area (Å²) in [5, 5.41) is 10.7. The summed E-state index contributed by atoms with van der Waals surface area (Å²) in [6.45, 7) is 1.31. The first-order chi connectivity index (χ1) is 9.99. The van der Waals surface area contributed by atoms with Gasteiger partial charge in [-0.3, -0.25) is 14.9 Å². The van der Waals surface area contributed by atoms with E-state index in [1.165, 1.54) is 19.4 Å². The van der Waals surface area contributed by atoms with E-state index in [9.17, 15) is 14.9 Å². The molecule has 1 heterocycles. The number of ether oxygens (including phenoxy) is 2. The molecule has 0 saturated heterocycles. The summed E-state index contributed by atoms with van der Waals surface area (Å²) >= 11 is 3.27. The Bertz CT molecular complexity index is 512. The summed E-state index contributed by atoms with van der Waals surface area (Å²) in [6.07, 6.45) is 1.36. The molecule has 0 N–H and O–H groups in total. The van der Waals surface area contributed by atoms with Crippen molar-refractivity contribution in [3.63, 3.8) is 0 Å². The van der Waals surface area contributed by atoms with Crippen molar-refractivity contribution in [3.05, 3.63) is 26.9 Å². The number of hydrogen-bond donors (Lipinski definition) is 0. The second-order valence-corrected chi connectivity index (χ2v) is 4.92. The van der Waals surface area contributed by atoms with Crippen LogP contribution in [0.4, 0.5) is 11.5 Å². The molecule has 116 valence electrons. The third kappa shape index (κ3) is 5.27. The predicted octanol–water partition coefficient (Wildman–Crippen LogP) is 1.77. The standard InChI is InChI=1S/C12H16BrN3O5/c1-20-6-5-15(4-3-11(17)21-2)12-10(13)7-9(8-14-12)16(18)19/h7-8H,3-6H2,1-2H3. The van der Waals surface area contributed by atoms with Crippen molar-refractivity contribution < 1.29 is 19.2 Å². The molecule has 0 aliphatic heterocycles. The first-order valence-corrected chi connectivity index (χ1v) is 6.89. The molecular weight excluding hydrogens is 346 g/mol. The van der Waals surface area contributed by atoms with Gasteiger partial charge in [0.1, 0.15) is 12.0 Å². The van der Waals surface area contributed by atoms with Crippen molar-refractivity contribution in [1.29, 1.82) is 0 Å². The van der Waals surface area contributed by atoms with Gasteiger partial charge in [-0.15, -0.1) is 0 Å². The van der Waals surface area contributed by atoms with E-state index in [0.29, 0.717) is 30.0 Å². The highest BCUT2D eigenvalue weighted by Gasteiger charge is 2.17. The number of nitrogens with zero attached hydrogens (tertiary/aromatic N) is 3. The van der Waals surface area contributed by atoms with Gasteiger partial charge < -0.3 is 14.4 Å². The summed E-state index contributed by atoms with van der Waals surface area (Å²) in [6, 6.07) is 1.38. The van der Waals surface area contributed by atoms with Gasteiger partial charge in [0.25, 0.3) is 5.69 Å². The molecule has 0 unspecified atom stereocenters. The first kappa shape index (κ1) is 17.3. The number of esters is 1. The number of carbonyl (C=O) groups is 1. The highest BCUT2D eigenvalue weighted by molar-refractivity contribution is 9.10. The van der Waals surface area contributed by atoms with Gasteiger partial charge in [-0.1, -0.05) is 0 Å². The molecule has 0 saturated carbocycles. The number of carbonyl (C=O) groups excluding carboxylic acids is 1. The molecule has 1 aromatic rings. The van der Waals surface area contributed by atoms with Crippen LogP contribution in [-0.2, 0) is 14.3 Å². The number of halogens is 1. The van der Waals surface area contributed by atoms with Crippen molar-refractivity contribution in [2.75, 3.05) is 38.8 Å². The van der Waals surface area contributed by atoms with Crippen molar-refractivity contribution in [2.45, 2.75) is 6.42 Å². The minimum absolute atomic E-state index is 0.106. The Labute approximate surface area is 130 Å². The van der Waals surface area contributed by atoms with Gasteiger partial charge in [-0.25, -0.2) is 4.98 Å². The molecule has 1 aromatic heterocycles. The molecule has 0 aliphatic rings. The van der Waals surface area contributed by atoms with E-state index >= 15 is 0 Å². The molecule has 0 fully saturated rings. The SMILES string of the molecule is COCCN(CCC(=O)OC)c1ncc([N+](=O)[O-])cc1Br. The molecule has 0 radical (unpaired) electrons. The maximum absolute atomic E-state index is 11.2. The van der Waals surface area contributed by atoms with Crippen molar-refractivity contribution in [2.24, 2.45) is 0 Å². The van der Waals surface area contributed by atoms with E-state index in [4.69, 9.17) is 4.74 Å². The molecule has 9 heteroatoms. The van der Waals surface area contributed by atoms with Gasteiger partial charge in [-0.2, -0.15) is 0 Å². The van der Waals surface area contributed by atoms with E-state index in [-0.39, 0.29) is 18.1 Å². The molecular formula is C12H16BrN3O5. The summed E-state index contributed by atoms with van der Waals surface area (Å²) in [5.41, 5.74) is -0.106. The maximum Gasteiger partial charge on any atom is 0.307 e. The van der Waals surface area contributed by atoms with Crippen LogP contribution in [0.5, 0.6) is 0 Å². The normalized spacial score (nSPS) is 10.2. The summed E-state index contributed by atoms with van der Waals surface area (Å²) in [7, 11) is 2.89. The van der Waals surface area contributed by atoms with E-state index in [0.717, 1.165) is 0 Å². The number of aromatic nitrogens is 1. The molecule has 0 atom stereocenters. The van der Waals surface area contributed by atoms with Crippen LogP contribution in [0.25, 0.3) is 0 Å². The highest BCUT2D eigenvalue weighted by Crippen LogP contribution is 2.27. The monoisotopic (exact) mass is 361 g/mol. The molecule has 0 aliphatic carbocycles. The Morgan fingerprint density at radius 1 is 1.48 bits per heavy atom. The van der Waals surface area contributed by atoms with E-state index in [2.05, 4.69) is 25.7 Å². The zero-order valence-electron chi connectivity index (χ0n) is 11.7. The number of nitro groups is 1. The van der Waals surface area contributed by atoms with Crippen LogP contribution in [0.3, 0.4) is 0 Å². The molecule has 0 spiro atoms. The number of rotatable bonds is 8. The average molecular weight is 362 g/mol. The maximum atomic E-state index is 11.2. The second kappa shape index (κ2) is 8.53. The van der Waals surface area contributed by atoms with Crippen LogP contribution in [0.15, 0.2) is 16.7 Å². The fourth-order valence-corrected chi connectivity index (χ4v) is 2.19. The van der Waals surface area contributed by atoms with Gasteiger partial charge in [0.2, 0.25) is 0 Å². The zero-order valence-corrected chi connectivity index (χ0v) is 13.3. The Balaban J connectivity index is 2.91. The van der Waals surface area contributed by atoms with Crippen LogP contribution in [0.1, 0.15) is 6.42 Å². The van der Waals surface area contributed by atoms with Crippen LogP contribution in [0, 0.1) is 10.1 Å². The highest BCUT2D eigenvalue weighted by atomic mass is 79.9. The van der Waals surface area contributed by atoms with Gasteiger partial charge in [0.05, 0.1) is 29.5 Å². The fourth-order valence-electron chi connectivity index (χ4n) is 1.61. The Kier molecular flexibility index (Phi) is 7.03. The van der Waals surface area contributed by atoms with E-state index in [1.807, 2.05) is 0 Å². The fraction of sp³-hybridized carbons (Fsp3) is 0.500. The molecule has 21 heavy (non-hydrogen) atoms. The lowest BCUT2D eigenvalue weighted by Crippen LogP contribution is -2.31. The van der Waals surface area contributed by atoms with Crippen molar-refractivity contribution in [1.82, 2.24) is 4.98 Å². The smallest absolute Gasteiger partial charge is 0.307 e. The average Bonchev–Trinajstić information content (AvgIpc) is 2.47. The Hall–Kier alpha value is -1.74. The van der Waals surface area contributed by atoms with Crippen LogP contribution >= 0.6 is 15.9 Å². The van der Waals surface area contributed by atoms with Crippen molar-refractivity contribution >= 4 is 33.4 Å². The topological polar surface area (TPSA) is 94.8 Å². The minimum Gasteiger partial charge on any atom is -0.469 e. The number of hydrogen-bond acceptors (Lipinski definition) is 7. The predicted molar refractivity (Wildman–Crippen MR) is 79.3 cm³/mol. The third-order valence-corrected chi connectivity index (χ3v) is 3.28. The van der Waals surface area contributed by atoms with Gasteiger partial charge in [-0.05, 0) is 15.9 Å². The van der Waals surface area contributed by atoms with Crippen molar-refractivity contribution in [3.8, 4) is 0 Å². The van der Waals surface area contributed by atoms with Gasteiger partial charge >= 0.3 is 5.97 Å². The molecule has 0 aromatic carbocycles. The lowest BCUT2D eigenvalue weighted by Gasteiger charge is -2.23. The van der Waals surface area contributed by atoms with E-state index < -0.39 is 4.92 Å². The number of pyridine rings is 1. The quantitative estimate of drug-likeness (QED) is 0.395. The Morgan fingerprint density at radius 2 is 2.19 bits per heavy atom. The molecule has 1 rings (SSSR count). The van der Waals surface area contributed by atoms with Crippen LogP contribution in [0.2, 0.25) is 0 Å². The van der Waals surface area contributed by atoms with Crippen LogP contribution in [-0.4, -0.2) is 49.8 Å². The lowest BCUT2D eigenvalue weighted by atomic mass is 10.3. The number of anilines is 1.